The van der Waals surface area contributed by atoms with Gasteiger partial charge in [0.05, 0.1) is 17.5 Å². The van der Waals surface area contributed by atoms with Crippen molar-refractivity contribution in [1.29, 1.82) is 0 Å². The lowest BCUT2D eigenvalue weighted by Gasteiger charge is -2.08. The maximum absolute atomic E-state index is 12.4. The van der Waals surface area contributed by atoms with Crippen LogP contribution >= 0.6 is 0 Å². The predicted octanol–water partition coefficient (Wildman–Crippen LogP) is 3.18. The van der Waals surface area contributed by atoms with Crippen LogP contribution < -0.4 is 4.84 Å². The molecule has 0 saturated carbocycles. The van der Waals surface area contributed by atoms with Gasteiger partial charge in [0.1, 0.15) is 11.9 Å². The van der Waals surface area contributed by atoms with E-state index in [1.807, 2.05) is 0 Å². The number of carbonyl (C=O) groups is 1. The topological polar surface area (TPSA) is 87.3 Å². The van der Waals surface area contributed by atoms with Crippen molar-refractivity contribution in [3.05, 3.63) is 57.7 Å². The number of nitro groups is 1. The van der Waals surface area contributed by atoms with Crippen LogP contribution in [0.15, 0.2) is 30.7 Å². The average molecular weight is 383 g/mol. The molecule has 140 valence electrons. The Hall–Kier alpha value is -3.12. The van der Waals surface area contributed by atoms with Crippen molar-refractivity contribution in [2.75, 3.05) is 0 Å². The highest BCUT2D eigenvalue weighted by molar-refractivity contribution is 5.94. The average Bonchev–Trinajstić information content (AvgIpc) is 2.93. The fourth-order valence-electron chi connectivity index (χ4n) is 1.89. The summed E-state index contributed by atoms with van der Waals surface area (Å²) in [6, 6.07) is 2.09. The van der Waals surface area contributed by atoms with Crippen LogP contribution in [0, 0.1) is 10.1 Å². The summed E-state index contributed by atoms with van der Waals surface area (Å²) in [5.41, 5.74) is -3.56. The molecule has 26 heavy (non-hydrogen) atoms. The molecule has 2 rings (SSSR count). The number of rotatable bonds is 4. The second-order valence-electron chi connectivity index (χ2n) is 4.90. The molecular weight excluding hydrogens is 376 g/mol. The zero-order chi connectivity index (χ0) is 19.7. The summed E-state index contributed by atoms with van der Waals surface area (Å²) >= 11 is 0. The number of hydrogen-bond donors (Lipinski definition) is 0. The van der Waals surface area contributed by atoms with Crippen molar-refractivity contribution >= 4 is 11.7 Å². The number of aromatic nitrogens is 2. The molecule has 1 heterocycles. The molecule has 0 fully saturated rings. The van der Waals surface area contributed by atoms with Crippen molar-refractivity contribution in [3.8, 4) is 0 Å². The molecule has 0 bridgehead atoms. The third kappa shape index (κ3) is 4.70. The number of alkyl halides is 6. The van der Waals surface area contributed by atoms with E-state index in [-0.39, 0.29) is 4.73 Å². The summed E-state index contributed by atoms with van der Waals surface area (Å²) < 4.78 is 74.6. The van der Waals surface area contributed by atoms with E-state index in [4.69, 9.17) is 0 Å². The smallest absolute Gasteiger partial charge is 0.330 e. The van der Waals surface area contributed by atoms with Crippen molar-refractivity contribution in [3.63, 3.8) is 0 Å². The molecule has 0 aliphatic heterocycles. The van der Waals surface area contributed by atoms with Gasteiger partial charge >= 0.3 is 18.3 Å². The van der Waals surface area contributed by atoms with Gasteiger partial charge in [0.2, 0.25) is 0 Å². The van der Waals surface area contributed by atoms with Crippen molar-refractivity contribution in [2.24, 2.45) is 0 Å². The molecule has 1 aromatic heterocycles. The number of hydrogen-bond acceptors (Lipinski definition) is 5. The molecule has 0 radical (unpaired) electrons. The molecule has 0 atom stereocenters. The predicted molar refractivity (Wildman–Crippen MR) is 71.0 cm³/mol. The van der Waals surface area contributed by atoms with E-state index >= 15 is 0 Å². The molecule has 2 aromatic rings. The first-order chi connectivity index (χ1) is 11.9. The van der Waals surface area contributed by atoms with Crippen molar-refractivity contribution in [1.82, 2.24) is 9.71 Å². The highest BCUT2D eigenvalue weighted by atomic mass is 19.4. The van der Waals surface area contributed by atoms with Crippen LogP contribution in [-0.4, -0.2) is 26.8 Å². The summed E-state index contributed by atoms with van der Waals surface area (Å²) in [6.45, 7) is 0. The third-order valence-corrected chi connectivity index (χ3v) is 2.92. The number of imidazole rings is 1. The first kappa shape index (κ1) is 19.2. The van der Waals surface area contributed by atoms with E-state index in [2.05, 4.69) is 9.82 Å². The van der Waals surface area contributed by atoms with Gasteiger partial charge in [-0.2, -0.15) is 31.1 Å². The minimum absolute atomic E-state index is 0.276. The molecular formula is C13H7F6N3O4. The summed E-state index contributed by atoms with van der Waals surface area (Å²) in [5, 5.41) is 11.0. The van der Waals surface area contributed by atoms with Crippen LogP contribution in [0.1, 0.15) is 21.6 Å². The van der Waals surface area contributed by atoms with E-state index in [1.165, 1.54) is 0 Å². The molecule has 0 N–H and O–H groups in total. The Labute approximate surface area is 139 Å². The highest BCUT2D eigenvalue weighted by Gasteiger charge is 2.34. The van der Waals surface area contributed by atoms with E-state index < -0.39 is 52.2 Å². The van der Waals surface area contributed by atoms with Gasteiger partial charge in [-0.1, -0.05) is 6.07 Å². The van der Waals surface area contributed by atoms with Crippen LogP contribution in [0.3, 0.4) is 0 Å². The van der Waals surface area contributed by atoms with Crippen LogP contribution in [0.2, 0.25) is 0 Å². The number of carbonyl (C=O) groups excluding carboxylic acids is 1. The standard InChI is InChI=1S/C13H7F6N3O4/c14-12(15,16)4-7-1-2-8(9(3-7)22(24)25)11(23)26-21-5-10(20-6-21)13(17,18)19/h1-3,5-6H,4H2. The van der Waals surface area contributed by atoms with Crippen LogP contribution in [0.4, 0.5) is 32.0 Å². The Morgan fingerprint density at radius 2 is 1.88 bits per heavy atom. The largest absolute Gasteiger partial charge is 0.435 e. The molecule has 0 saturated heterocycles. The summed E-state index contributed by atoms with van der Waals surface area (Å²) in [5.74, 6) is -1.44. The molecule has 0 amide bonds. The maximum atomic E-state index is 12.4. The number of nitrogens with zero attached hydrogens (tertiary/aromatic N) is 3. The van der Waals surface area contributed by atoms with Gasteiger partial charge in [-0.3, -0.25) is 10.1 Å². The molecule has 0 spiro atoms. The minimum atomic E-state index is -4.80. The third-order valence-electron chi connectivity index (χ3n) is 2.92. The molecule has 1 aromatic carbocycles. The van der Waals surface area contributed by atoms with E-state index in [0.717, 1.165) is 12.1 Å². The SMILES string of the molecule is O=C(On1cnc(C(F)(F)F)c1)c1ccc(CC(F)(F)F)cc1[N+](=O)[O-]. The molecule has 0 aliphatic rings. The summed E-state index contributed by atoms with van der Waals surface area (Å²) in [6.07, 6.45) is -10.1. The lowest BCUT2D eigenvalue weighted by molar-refractivity contribution is -0.385. The van der Waals surface area contributed by atoms with Crippen LogP contribution in [0.25, 0.3) is 0 Å². The zero-order valence-electron chi connectivity index (χ0n) is 12.3. The van der Waals surface area contributed by atoms with Gasteiger partial charge in [-0.05, 0) is 11.6 Å². The molecule has 0 unspecified atom stereocenters. The fourth-order valence-corrected chi connectivity index (χ4v) is 1.89. The Bertz CT molecular complexity index is 843. The Kier molecular flexibility index (Phi) is 4.91. The normalized spacial score (nSPS) is 12.1. The van der Waals surface area contributed by atoms with Gasteiger partial charge in [0.15, 0.2) is 5.69 Å². The van der Waals surface area contributed by atoms with Gasteiger partial charge < -0.3 is 4.84 Å². The number of benzene rings is 1. The molecule has 13 heteroatoms. The fraction of sp³-hybridized carbons (Fsp3) is 0.231. The van der Waals surface area contributed by atoms with Crippen molar-refractivity contribution < 1.29 is 40.9 Å². The van der Waals surface area contributed by atoms with E-state index in [9.17, 15) is 41.3 Å². The molecule has 7 nitrogen and oxygen atoms in total. The zero-order valence-corrected chi connectivity index (χ0v) is 12.3. The monoisotopic (exact) mass is 383 g/mol. The second kappa shape index (κ2) is 6.65. The van der Waals surface area contributed by atoms with E-state index in [0.29, 0.717) is 18.6 Å². The number of nitro benzene ring substituents is 1. The van der Waals surface area contributed by atoms with Gasteiger partial charge in [0.25, 0.3) is 5.69 Å². The van der Waals surface area contributed by atoms with Gasteiger partial charge in [-0.15, -0.1) is 0 Å². The Morgan fingerprint density at radius 3 is 2.38 bits per heavy atom. The Morgan fingerprint density at radius 1 is 1.23 bits per heavy atom. The summed E-state index contributed by atoms with van der Waals surface area (Å²) in [7, 11) is 0. The van der Waals surface area contributed by atoms with Crippen LogP contribution in [-0.2, 0) is 12.6 Å². The first-order valence-corrected chi connectivity index (χ1v) is 6.55. The minimum Gasteiger partial charge on any atom is -0.330 e. The number of halogens is 6. The van der Waals surface area contributed by atoms with Gasteiger partial charge in [0, 0.05) is 6.07 Å². The quantitative estimate of drug-likeness (QED) is 0.460. The van der Waals surface area contributed by atoms with Gasteiger partial charge in [-0.25, -0.2) is 9.78 Å². The van der Waals surface area contributed by atoms with Crippen LogP contribution in [0.5, 0.6) is 0 Å². The lowest BCUT2D eigenvalue weighted by Crippen LogP contribution is -2.20. The Balaban J connectivity index is 2.28. The maximum Gasteiger partial charge on any atom is 0.435 e. The molecule has 0 aliphatic carbocycles. The second-order valence-corrected chi connectivity index (χ2v) is 4.90. The van der Waals surface area contributed by atoms with Crippen molar-refractivity contribution in [2.45, 2.75) is 18.8 Å². The first-order valence-electron chi connectivity index (χ1n) is 6.55. The highest BCUT2D eigenvalue weighted by Crippen LogP contribution is 2.28. The lowest BCUT2D eigenvalue weighted by atomic mass is 10.1. The van der Waals surface area contributed by atoms with E-state index in [1.54, 1.807) is 0 Å². The summed E-state index contributed by atoms with van der Waals surface area (Å²) in [4.78, 5) is 29.2.